The first-order valence-corrected chi connectivity index (χ1v) is 10.0. The minimum absolute atomic E-state index is 0.210. The molecule has 0 unspecified atom stereocenters. The van der Waals surface area contributed by atoms with Crippen molar-refractivity contribution in [2.75, 3.05) is 6.79 Å². The highest BCUT2D eigenvalue weighted by Crippen LogP contribution is 2.35. The number of benzene rings is 1. The molecule has 4 rings (SSSR count). The van der Waals surface area contributed by atoms with Crippen molar-refractivity contribution < 1.29 is 9.47 Å². The third-order valence-corrected chi connectivity index (χ3v) is 6.27. The van der Waals surface area contributed by atoms with Crippen LogP contribution in [0.5, 0.6) is 11.5 Å². The lowest BCUT2D eigenvalue weighted by Crippen LogP contribution is -2.23. The van der Waals surface area contributed by atoms with Crippen molar-refractivity contribution in [1.82, 2.24) is 10.3 Å². The minimum atomic E-state index is 0.210. The average molecular weight is 373 g/mol. The molecule has 3 aromatic rings. The molecule has 1 atom stereocenters. The molecule has 0 fully saturated rings. The number of aryl methyl sites for hydroxylation is 2. The number of ether oxygens (including phenoxy) is 2. The molecule has 0 spiro atoms. The predicted octanol–water partition coefficient (Wildman–Crippen LogP) is 4.62. The van der Waals surface area contributed by atoms with E-state index in [1.165, 1.54) is 16.0 Å². The number of thiophene rings is 1. The molecule has 25 heavy (non-hydrogen) atoms. The highest BCUT2D eigenvalue weighted by atomic mass is 32.1. The molecule has 1 aliphatic rings. The molecule has 1 N–H and O–H groups in total. The van der Waals surface area contributed by atoms with E-state index in [0.717, 1.165) is 35.2 Å². The molecule has 3 heterocycles. The first kappa shape index (κ1) is 16.6. The van der Waals surface area contributed by atoms with Crippen LogP contribution in [0.25, 0.3) is 0 Å². The predicted molar refractivity (Wildman–Crippen MR) is 102 cm³/mol. The molecule has 0 saturated carbocycles. The lowest BCUT2D eigenvalue weighted by atomic mass is 10.1. The number of hydrogen-bond donors (Lipinski definition) is 1. The quantitative estimate of drug-likeness (QED) is 0.685. The van der Waals surface area contributed by atoms with Crippen LogP contribution in [0.4, 0.5) is 0 Å². The van der Waals surface area contributed by atoms with Gasteiger partial charge in [-0.3, -0.25) is 0 Å². The Balaban J connectivity index is 1.53. The van der Waals surface area contributed by atoms with Crippen LogP contribution in [0.3, 0.4) is 0 Å². The van der Waals surface area contributed by atoms with Crippen LogP contribution in [-0.2, 0) is 13.0 Å². The van der Waals surface area contributed by atoms with Crippen LogP contribution < -0.4 is 14.8 Å². The second-order valence-corrected chi connectivity index (χ2v) is 8.10. The van der Waals surface area contributed by atoms with Gasteiger partial charge in [0.05, 0.1) is 6.04 Å². The highest BCUT2D eigenvalue weighted by Gasteiger charge is 2.19. The Morgan fingerprint density at radius 3 is 2.76 bits per heavy atom. The zero-order chi connectivity index (χ0) is 17.2. The van der Waals surface area contributed by atoms with Crippen molar-refractivity contribution in [3.63, 3.8) is 0 Å². The summed E-state index contributed by atoms with van der Waals surface area (Å²) in [6.07, 6.45) is 0.953. The van der Waals surface area contributed by atoms with Crippen molar-refractivity contribution >= 4 is 22.7 Å². The SMILES string of the molecule is Cc1csc([C@@H](Cc2cccs2)NCc2cc3c(cc2C)OCO3)n1. The molecule has 1 aliphatic heterocycles. The lowest BCUT2D eigenvalue weighted by Gasteiger charge is -2.17. The Labute approximate surface area is 155 Å². The summed E-state index contributed by atoms with van der Waals surface area (Å²) in [6, 6.07) is 8.64. The van der Waals surface area contributed by atoms with Gasteiger partial charge in [0.25, 0.3) is 0 Å². The van der Waals surface area contributed by atoms with Gasteiger partial charge >= 0.3 is 0 Å². The maximum Gasteiger partial charge on any atom is 0.231 e. The second-order valence-electron chi connectivity index (χ2n) is 6.18. The van der Waals surface area contributed by atoms with E-state index in [2.05, 4.69) is 47.3 Å². The number of nitrogens with one attached hydrogen (secondary N) is 1. The van der Waals surface area contributed by atoms with E-state index in [-0.39, 0.29) is 6.04 Å². The number of aromatic nitrogens is 1. The largest absolute Gasteiger partial charge is 0.454 e. The molecule has 2 aromatic heterocycles. The first-order valence-electron chi connectivity index (χ1n) is 8.26. The van der Waals surface area contributed by atoms with Gasteiger partial charge in [-0.1, -0.05) is 6.07 Å². The van der Waals surface area contributed by atoms with Gasteiger partial charge in [-0.2, -0.15) is 0 Å². The summed E-state index contributed by atoms with van der Waals surface area (Å²) in [5, 5.41) is 9.08. The van der Waals surface area contributed by atoms with E-state index in [0.29, 0.717) is 6.79 Å². The van der Waals surface area contributed by atoms with Gasteiger partial charge < -0.3 is 14.8 Å². The summed E-state index contributed by atoms with van der Waals surface area (Å²) in [5.74, 6) is 1.68. The molecule has 0 radical (unpaired) electrons. The van der Waals surface area contributed by atoms with Crippen molar-refractivity contribution in [2.45, 2.75) is 32.9 Å². The zero-order valence-electron chi connectivity index (χ0n) is 14.2. The number of rotatable bonds is 6. The number of nitrogens with zero attached hydrogens (tertiary/aromatic N) is 1. The molecule has 0 amide bonds. The van der Waals surface area contributed by atoms with Crippen molar-refractivity contribution in [2.24, 2.45) is 0 Å². The van der Waals surface area contributed by atoms with Crippen LogP contribution in [0.1, 0.15) is 32.7 Å². The lowest BCUT2D eigenvalue weighted by molar-refractivity contribution is 0.174. The number of thiazole rings is 1. The Morgan fingerprint density at radius 1 is 1.20 bits per heavy atom. The molecular formula is C19H20N2O2S2. The molecular weight excluding hydrogens is 352 g/mol. The molecule has 0 aliphatic carbocycles. The maximum absolute atomic E-state index is 5.52. The number of fused-ring (bicyclic) bond motifs is 1. The van der Waals surface area contributed by atoms with Crippen molar-refractivity contribution in [3.05, 3.63) is 61.7 Å². The first-order chi connectivity index (χ1) is 12.2. The van der Waals surface area contributed by atoms with Crippen molar-refractivity contribution in [3.8, 4) is 11.5 Å². The van der Waals surface area contributed by atoms with Crippen LogP contribution in [0, 0.1) is 13.8 Å². The average Bonchev–Trinajstić information content (AvgIpc) is 3.32. The van der Waals surface area contributed by atoms with Gasteiger partial charge in [-0.05, 0) is 48.6 Å². The van der Waals surface area contributed by atoms with Gasteiger partial charge in [0.2, 0.25) is 6.79 Å². The van der Waals surface area contributed by atoms with E-state index < -0.39 is 0 Å². The third-order valence-electron chi connectivity index (χ3n) is 4.29. The standard InChI is InChI=1S/C19H20N2O2S2/c1-12-6-17-18(23-11-22-17)7-14(12)9-20-16(8-15-4-3-5-24-15)19-21-13(2)10-25-19/h3-7,10,16,20H,8-9,11H2,1-2H3/t16-/m1/s1. The van der Waals surface area contributed by atoms with E-state index in [9.17, 15) is 0 Å². The fourth-order valence-electron chi connectivity index (χ4n) is 2.92. The minimum Gasteiger partial charge on any atom is -0.454 e. The summed E-state index contributed by atoms with van der Waals surface area (Å²) in [7, 11) is 0. The second kappa shape index (κ2) is 7.15. The Bertz CT molecular complexity index is 858. The van der Waals surface area contributed by atoms with Crippen LogP contribution in [0.2, 0.25) is 0 Å². The molecule has 6 heteroatoms. The van der Waals surface area contributed by atoms with Gasteiger partial charge in [0.1, 0.15) is 5.01 Å². The molecule has 1 aromatic carbocycles. The Hall–Kier alpha value is -1.89. The fourth-order valence-corrected chi connectivity index (χ4v) is 4.54. The third kappa shape index (κ3) is 3.71. The smallest absolute Gasteiger partial charge is 0.231 e. The molecule has 0 bridgehead atoms. The van der Waals surface area contributed by atoms with E-state index in [4.69, 9.17) is 14.5 Å². The summed E-state index contributed by atoms with van der Waals surface area (Å²) < 4.78 is 11.0. The topological polar surface area (TPSA) is 43.4 Å². The van der Waals surface area contributed by atoms with Crippen LogP contribution >= 0.6 is 22.7 Å². The summed E-state index contributed by atoms with van der Waals surface area (Å²) in [6.45, 7) is 5.24. The van der Waals surface area contributed by atoms with E-state index >= 15 is 0 Å². The Morgan fingerprint density at radius 2 is 2.04 bits per heavy atom. The molecule has 0 saturated heterocycles. The van der Waals surface area contributed by atoms with E-state index in [1.807, 2.05) is 6.92 Å². The molecule has 130 valence electrons. The maximum atomic E-state index is 5.52. The number of hydrogen-bond acceptors (Lipinski definition) is 6. The van der Waals surface area contributed by atoms with Crippen LogP contribution in [-0.4, -0.2) is 11.8 Å². The van der Waals surface area contributed by atoms with Crippen molar-refractivity contribution in [1.29, 1.82) is 0 Å². The molecule has 4 nitrogen and oxygen atoms in total. The van der Waals surface area contributed by atoms with Gasteiger partial charge in [0, 0.05) is 28.9 Å². The monoisotopic (exact) mass is 372 g/mol. The van der Waals surface area contributed by atoms with Gasteiger partial charge in [-0.25, -0.2) is 4.98 Å². The summed E-state index contributed by atoms with van der Waals surface area (Å²) >= 11 is 3.52. The summed E-state index contributed by atoms with van der Waals surface area (Å²) in [5.41, 5.74) is 3.52. The van der Waals surface area contributed by atoms with Crippen LogP contribution in [0.15, 0.2) is 35.0 Å². The normalized spacial score (nSPS) is 14.0. The van der Waals surface area contributed by atoms with Gasteiger partial charge in [0.15, 0.2) is 11.5 Å². The fraction of sp³-hybridized carbons (Fsp3) is 0.316. The highest BCUT2D eigenvalue weighted by molar-refractivity contribution is 7.10. The zero-order valence-corrected chi connectivity index (χ0v) is 15.9. The summed E-state index contributed by atoms with van der Waals surface area (Å²) in [4.78, 5) is 6.07. The Kier molecular flexibility index (Phi) is 4.74. The van der Waals surface area contributed by atoms with E-state index in [1.54, 1.807) is 22.7 Å². The van der Waals surface area contributed by atoms with Gasteiger partial charge in [-0.15, -0.1) is 22.7 Å².